The summed E-state index contributed by atoms with van der Waals surface area (Å²) in [6.07, 6.45) is -7.18. The van der Waals surface area contributed by atoms with Gasteiger partial charge < -0.3 is 30.8 Å². The van der Waals surface area contributed by atoms with Crippen molar-refractivity contribution in [1.82, 2.24) is 15.0 Å². The fraction of sp³-hybridized carbons (Fsp3) is 0.500. The lowest BCUT2D eigenvalue weighted by atomic mass is 10.0. The van der Waals surface area contributed by atoms with Crippen LogP contribution in [0.1, 0.15) is 12.0 Å². The molecule has 0 aromatic heterocycles. The largest absolute Gasteiger partial charge is 0.492 e. The molecule has 2 heterocycles. The topological polar surface area (TPSA) is 163 Å². The molecule has 11 nitrogen and oxygen atoms in total. The van der Waals surface area contributed by atoms with Crippen LogP contribution in [0.2, 0.25) is 0 Å². The molecule has 6 N–H and O–H groups in total. The van der Waals surface area contributed by atoms with Crippen molar-refractivity contribution in [3.63, 3.8) is 0 Å². The van der Waals surface area contributed by atoms with Gasteiger partial charge in [-0.1, -0.05) is 0 Å². The van der Waals surface area contributed by atoms with Gasteiger partial charge in [0.25, 0.3) is 0 Å². The number of fused-ring (bicyclic) bond motifs is 1. The minimum atomic E-state index is -5.27. The first-order chi connectivity index (χ1) is 15.2. The molecule has 18 heteroatoms. The Morgan fingerprint density at radius 3 is 2.41 bits per heavy atom. The van der Waals surface area contributed by atoms with Crippen molar-refractivity contribution in [3.05, 3.63) is 35.1 Å². The molecule has 3 rings (SSSR count). The van der Waals surface area contributed by atoms with Gasteiger partial charge in [-0.25, -0.2) is 17.7 Å². The van der Waals surface area contributed by atoms with E-state index in [1.54, 1.807) is 0 Å². The number of carbonyl (C=O) groups excluding carboxylic acids is 1. The summed E-state index contributed by atoms with van der Waals surface area (Å²) in [5.41, 5.74) is 5.55. The lowest BCUT2D eigenvalue weighted by Gasteiger charge is -2.40. The lowest BCUT2D eigenvalue weighted by molar-refractivity contribution is -0.156. The van der Waals surface area contributed by atoms with Gasteiger partial charge in [-0.05, 0) is 18.1 Å². The van der Waals surface area contributed by atoms with Crippen molar-refractivity contribution >= 4 is 19.6 Å². The van der Waals surface area contributed by atoms with Crippen LogP contribution in [0.25, 0.3) is 0 Å². The lowest BCUT2D eigenvalue weighted by Crippen LogP contribution is -2.59. The number of hydrogen-bond donors (Lipinski definition) is 3. The number of rotatable bonds is 6. The van der Waals surface area contributed by atoms with Crippen molar-refractivity contribution in [2.24, 2.45) is 10.8 Å². The quantitative estimate of drug-likeness (QED) is 0.271. The zero-order valence-corrected chi connectivity index (χ0v) is 17.9. The van der Waals surface area contributed by atoms with Crippen LogP contribution in [0.3, 0.4) is 0 Å². The van der Waals surface area contributed by atoms with Gasteiger partial charge in [0.05, 0.1) is 6.54 Å². The average molecular weight is 523 g/mol. The highest BCUT2D eigenvalue weighted by molar-refractivity contribution is 7.46. The molecule has 2 aliphatic rings. The number of halogens is 6. The smallest absolute Gasteiger partial charge is 0.412 e. The van der Waals surface area contributed by atoms with E-state index in [9.17, 15) is 35.7 Å². The highest BCUT2D eigenvalue weighted by Crippen LogP contribution is 2.41. The second kappa shape index (κ2) is 10.1. The van der Waals surface area contributed by atoms with E-state index in [2.05, 4.69) is 9.73 Å². The zero-order chi connectivity index (χ0) is 24.7. The predicted octanol–water partition coefficient (Wildman–Crippen LogP) is 0.225. The minimum absolute atomic E-state index is 0. The normalized spacial score (nSPS) is 19.5. The highest BCUT2D eigenvalue weighted by Gasteiger charge is 2.52. The van der Waals surface area contributed by atoms with Gasteiger partial charge in [0, 0.05) is 31.6 Å². The maximum atomic E-state index is 13.8. The molecule has 0 saturated carbocycles. The molecule has 2 atom stereocenters. The third-order valence-corrected chi connectivity index (χ3v) is 5.26. The molecule has 1 saturated heterocycles. The molecular weight excluding hydrogens is 503 g/mol. The Hall–Kier alpha value is -2.43. The molecule has 0 radical (unpaired) electrons. The van der Waals surface area contributed by atoms with Crippen LogP contribution < -0.4 is 5.73 Å². The Kier molecular flexibility index (Phi) is 8.22. The van der Waals surface area contributed by atoms with E-state index in [1.807, 2.05) is 0 Å². The summed E-state index contributed by atoms with van der Waals surface area (Å²) in [5.74, 6) is -5.86. The Bertz CT molecular complexity index is 1010. The third kappa shape index (κ3) is 6.37. The molecule has 0 bridgehead atoms. The number of alkyl halides is 3. The molecule has 1 amide bonds. The van der Waals surface area contributed by atoms with E-state index in [4.69, 9.17) is 15.5 Å². The summed E-state index contributed by atoms with van der Waals surface area (Å²) in [6.45, 7) is -1.07. The van der Waals surface area contributed by atoms with Crippen molar-refractivity contribution in [2.75, 3.05) is 19.6 Å². The van der Waals surface area contributed by atoms with Gasteiger partial charge in [0.15, 0.2) is 17.8 Å². The molecule has 0 spiro atoms. The van der Waals surface area contributed by atoms with E-state index in [0.29, 0.717) is 17.0 Å². The first-order valence-electron chi connectivity index (χ1n) is 9.29. The van der Waals surface area contributed by atoms with Crippen molar-refractivity contribution < 1.29 is 55.6 Å². The number of amidine groups is 1. The number of nitrogens with two attached hydrogens (primary N) is 1. The summed E-state index contributed by atoms with van der Waals surface area (Å²) in [6, 6.07) is -0.0886. The minimum Gasteiger partial charge on any atom is -0.412 e. The van der Waals surface area contributed by atoms with Crippen LogP contribution in [0.15, 0.2) is 17.2 Å². The van der Waals surface area contributed by atoms with Crippen molar-refractivity contribution in [2.45, 2.75) is 31.2 Å². The molecule has 34 heavy (non-hydrogen) atoms. The Morgan fingerprint density at radius 2 is 1.82 bits per heavy atom. The average Bonchev–Trinajstić information content (AvgIpc) is 3.02. The Labute approximate surface area is 187 Å². The molecular formula is C16H20F6N5O6P. The standard InChI is InChI=1S/C16H18F6N5O5P.H2O/c17-10-6-12(19)11(18)4-8(10)3-9(23)5-14(28)25-1-2-26-13(7-25)27(32-33(29,30)31)24-15(26)16(20,21)22;/h4,6,9,13H,1-3,5,7,23H2,(H2,29,30,31);1H2/t9-,13?;/m1./s1. The van der Waals surface area contributed by atoms with Gasteiger partial charge in [-0.3, -0.25) is 4.79 Å². The van der Waals surface area contributed by atoms with Crippen LogP contribution in [-0.4, -0.2) is 80.0 Å². The molecule has 1 aromatic carbocycles. The summed E-state index contributed by atoms with van der Waals surface area (Å²) in [4.78, 5) is 32.3. The van der Waals surface area contributed by atoms with E-state index < -0.39 is 68.4 Å². The van der Waals surface area contributed by atoms with Crippen LogP contribution in [0.4, 0.5) is 26.3 Å². The van der Waals surface area contributed by atoms with Gasteiger partial charge in [0.1, 0.15) is 5.82 Å². The maximum Gasteiger partial charge on any atom is 0.492 e. The van der Waals surface area contributed by atoms with Gasteiger partial charge in [-0.15, -0.1) is 14.9 Å². The van der Waals surface area contributed by atoms with E-state index >= 15 is 0 Å². The van der Waals surface area contributed by atoms with Crippen LogP contribution in [0.5, 0.6) is 0 Å². The Morgan fingerprint density at radius 1 is 1.21 bits per heavy atom. The third-order valence-electron chi connectivity index (χ3n) is 4.88. The van der Waals surface area contributed by atoms with Crippen molar-refractivity contribution in [1.29, 1.82) is 0 Å². The maximum absolute atomic E-state index is 13.8. The second-order valence-corrected chi connectivity index (χ2v) is 8.48. The van der Waals surface area contributed by atoms with E-state index in [1.165, 1.54) is 0 Å². The molecule has 1 aromatic rings. The number of hydrazone groups is 1. The zero-order valence-electron chi connectivity index (χ0n) is 17.0. The number of nitrogens with zero attached hydrogens (tertiary/aromatic N) is 4. The molecule has 0 aliphatic carbocycles. The number of phosphoric acid groups is 1. The van der Waals surface area contributed by atoms with Crippen molar-refractivity contribution in [3.8, 4) is 0 Å². The molecule has 192 valence electrons. The summed E-state index contributed by atoms with van der Waals surface area (Å²) in [5, 5.41) is 3.19. The summed E-state index contributed by atoms with van der Waals surface area (Å²) in [7, 11) is -5.27. The van der Waals surface area contributed by atoms with Gasteiger partial charge >= 0.3 is 14.0 Å². The second-order valence-electron chi connectivity index (χ2n) is 7.34. The first-order valence-corrected chi connectivity index (χ1v) is 10.8. The number of hydroxylamine groups is 1. The predicted molar refractivity (Wildman–Crippen MR) is 102 cm³/mol. The van der Waals surface area contributed by atoms with E-state index in [-0.39, 0.29) is 35.7 Å². The number of piperazine rings is 1. The number of amides is 1. The fourth-order valence-electron chi connectivity index (χ4n) is 3.47. The first kappa shape index (κ1) is 27.8. The number of hydrogen-bond acceptors (Lipinski definition) is 7. The summed E-state index contributed by atoms with van der Waals surface area (Å²) >= 11 is 0. The molecule has 1 unspecified atom stereocenters. The summed E-state index contributed by atoms with van der Waals surface area (Å²) < 4.78 is 95.2. The Balaban J connectivity index is 0.00000408. The van der Waals surface area contributed by atoms with Crippen LogP contribution in [-0.2, 0) is 20.4 Å². The number of carbonyl (C=O) groups is 1. The number of benzene rings is 1. The van der Waals surface area contributed by atoms with Gasteiger partial charge in [0.2, 0.25) is 11.7 Å². The SMILES string of the molecule is N[C@@H](CC(=O)N1CCN2C(C(F)(F)F)=NN(OP(=O)(O)O)C2C1)Cc1cc(F)c(F)cc1F.O. The van der Waals surface area contributed by atoms with Crippen LogP contribution >= 0.6 is 7.82 Å². The van der Waals surface area contributed by atoms with Crippen LogP contribution in [0, 0.1) is 17.5 Å². The highest BCUT2D eigenvalue weighted by atomic mass is 31.2. The fourth-order valence-corrected chi connectivity index (χ4v) is 3.84. The van der Waals surface area contributed by atoms with E-state index in [0.717, 1.165) is 4.90 Å². The monoisotopic (exact) mass is 523 g/mol. The van der Waals surface area contributed by atoms with Gasteiger partial charge in [-0.2, -0.15) is 13.2 Å². The molecule has 1 fully saturated rings. The molecule has 2 aliphatic heterocycles.